The SMILES string of the molecule is COc1ccc(-c2csc(CN3CCc4nc(N)ncc4C3)n2)cc1. The van der Waals surface area contributed by atoms with Crippen LogP contribution in [0.25, 0.3) is 11.3 Å². The summed E-state index contributed by atoms with van der Waals surface area (Å²) < 4.78 is 5.20. The summed E-state index contributed by atoms with van der Waals surface area (Å²) in [7, 11) is 1.67. The number of nitrogen functional groups attached to an aromatic ring is 1. The van der Waals surface area contributed by atoms with Crippen molar-refractivity contribution in [2.75, 3.05) is 19.4 Å². The van der Waals surface area contributed by atoms with Crippen LogP contribution in [-0.4, -0.2) is 33.5 Å². The largest absolute Gasteiger partial charge is 0.497 e. The van der Waals surface area contributed by atoms with E-state index in [2.05, 4.69) is 20.2 Å². The third-order valence-corrected chi connectivity index (χ3v) is 5.16. The summed E-state index contributed by atoms with van der Waals surface area (Å²) in [6, 6.07) is 8.00. The second-order valence-corrected chi connectivity index (χ2v) is 6.96. The number of ether oxygens (including phenoxy) is 1. The molecule has 25 heavy (non-hydrogen) atoms. The number of hydrogen-bond acceptors (Lipinski definition) is 7. The zero-order valence-electron chi connectivity index (χ0n) is 14.0. The minimum Gasteiger partial charge on any atom is -0.497 e. The number of nitrogens with two attached hydrogens (primary N) is 1. The molecule has 0 saturated heterocycles. The molecule has 3 aromatic rings. The van der Waals surface area contributed by atoms with Crippen molar-refractivity contribution in [2.24, 2.45) is 0 Å². The maximum Gasteiger partial charge on any atom is 0.220 e. The zero-order valence-corrected chi connectivity index (χ0v) is 14.8. The van der Waals surface area contributed by atoms with Crippen LogP contribution in [0.15, 0.2) is 35.8 Å². The first kappa shape index (κ1) is 16.0. The smallest absolute Gasteiger partial charge is 0.220 e. The molecule has 2 N–H and O–H groups in total. The second kappa shape index (κ2) is 6.78. The lowest BCUT2D eigenvalue weighted by Gasteiger charge is -2.26. The second-order valence-electron chi connectivity index (χ2n) is 6.02. The lowest BCUT2D eigenvalue weighted by molar-refractivity contribution is 0.242. The number of benzene rings is 1. The normalized spacial score (nSPS) is 14.3. The lowest BCUT2D eigenvalue weighted by Crippen LogP contribution is -2.31. The fourth-order valence-corrected chi connectivity index (χ4v) is 3.84. The first-order chi connectivity index (χ1) is 12.2. The Morgan fingerprint density at radius 3 is 2.88 bits per heavy atom. The first-order valence-corrected chi connectivity index (χ1v) is 9.00. The van der Waals surface area contributed by atoms with Gasteiger partial charge in [-0.05, 0) is 24.3 Å². The third kappa shape index (κ3) is 3.47. The van der Waals surface area contributed by atoms with Crippen molar-refractivity contribution in [3.05, 3.63) is 52.1 Å². The predicted octanol–water partition coefficient (Wildman–Crippen LogP) is 2.75. The van der Waals surface area contributed by atoms with Crippen molar-refractivity contribution in [2.45, 2.75) is 19.5 Å². The van der Waals surface area contributed by atoms with Gasteiger partial charge in [0.05, 0.1) is 25.0 Å². The summed E-state index contributed by atoms with van der Waals surface area (Å²) in [6.45, 7) is 2.64. The van der Waals surface area contributed by atoms with E-state index in [4.69, 9.17) is 15.5 Å². The van der Waals surface area contributed by atoms with Gasteiger partial charge in [-0.1, -0.05) is 0 Å². The first-order valence-electron chi connectivity index (χ1n) is 8.13. The Hall–Kier alpha value is -2.51. The molecule has 0 atom stereocenters. The average molecular weight is 353 g/mol. The maximum absolute atomic E-state index is 5.66. The van der Waals surface area contributed by atoms with E-state index >= 15 is 0 Å². The number of rotatable bonds is 4. The third-order valence-electron chi connectivity index (χ3n) is 4.33. The average Bonchev–Trinajstić information content (AvgIpc) is 3.10. The van der Waals surface area contributed by atoms with E-state index in [0.29, 0.717) is 5.95 Å². The van der Waals surface area contributed by atoms with E-state index in [1.165, 1.54) is 0 Å². The molecule has 0 bridgehead atoms. The summed E-state index contributed by atoms with van der Waals surface area (Å²) in [5, 5.41) is 3.23. The summed E-state index contributed by atoms with van der Waals surface area (Å²) in [4.78, 5) is 15.6. The van der Waals surface area contributed by atoms with Gasteiger partial charge in [-0.25, -0.2) is 15.0 Å². The van der Waals surface area contributed by atoms with Gasteiger partial charge in [-0.3, -0.25) is 4.90 Å². The molecular formula is C18H19N5OS. The van der Waals surface area contributed by atoms with Crippen molar-refractivity contribution in [1.82, 2.24) is 19.9 Å². The molecule has 0 saturated carbocycles. The van der Waals surface area contributed by atoms with E-state index in [9.17, 15) is 0 Å². The minimum absolute atomic E-state index is 0.358. The fourth-order valence-electron chi connectivity index (χ4n) is 2.99. The summed E-state index contributed by atoms with van der Waals surface area (Å²) in [5.74, 6) is 1.21. The topological polar surface area (TPSA) is 77.2 Å². The minimum atomic E-state index is 0.358. The monoisotopic (exact) mass is 353 g/mol. The number of anilines is 1. The van der Waals surface area contributed by atoms with Crippen LogP contribution in [0.1, 0.15) is 16.3 Å². The predicted molar refractivity (Wildman–Crippen MR) is 98.4 cm³/mol. The molecule has 128 valence electrons. The Labute approximate surface area is 150 Å². The van der Waals surface area contributed by atoms with Crippen LogP contribution >= 0.6 is 11.3 Å². The quantitative estimate of drug-likeness (QED) is 0.777. The van der Waals surface area contributed by atoms with Gasteiger partial charge in [0.1, 0.15) is 10.8 Å². The number of fused-ring (bicyclic) bond motifs is 1. The van der Waals surface area contributed by atoms with Crippen molar-refractivity contribution in [3.8, 4) is 17.0 Å². The highest BCUT2D eigenvalue weighted by molar-refractivity contribution is 7.09. The molecule has 0 aliphatic carbocycles. The summed E-state index contributed by atoms with van der Waals surface area (Å²) >= 11 is 1.70. The molecule has 0 amide bonds. The van der Waals surface area contributed by atoms with Gasteiger partial charge in [-0.15, -0.1) is 11.3 Å². The van der Waals surface area contributed by atoms with Crippen molar-refractivity contribution in [3.63, 3.8) is 0 Å². The van der Waals surface area contributed by atoms with Crippen LogP contribution in [-0.2, 0) is 19.5 Å². The van der Waals surface area contributed by atoms with Crippen molar-refractivity contribution in [1.29, 1.82) is 0 Å². The molecular weight excluding hydrogens is 334 g/mol. The van der Waals surface area contributed by atoms with Crippen LogP contribution in [0, 0.1) is 0 Å². The standard InChI is InChI=1S/C18H19N5OS/c1-24-14-4-2-12(3-5-14)16-11-25-17(21-16)10-23-7-6-15-13(9-23)8-20-18(19)22-15/h2-5,8,11H,6-7,9-10H2,1H3,(H2,19,20,22). The Bertz CT molecular complexity index is 877. The van der Waals surface area contributed by atoms with Crippen LogP contribution in [0.3, 0.4) is 0 Å². The summed E-state index contributed by atoms with van der Waals surface area (Å²) in [6.07, 6.45) is 2.74. The lowest BCUT2D eigenvalue weighted by atomic mass is 10.1. The molecule has 2 aromatic heterocycles. The molecule has 0 spiro atoms. The molecule has 6 nitrogen and oxygen atoms in total. The van der Waals surface area contributed by atoms with Crippen molar-refractivity contribution < 1.29 is 4.74 Å². The highest BCUT2D eigenvalue weighted by atomic mass is 32.1. The number of thiazole rings is 1. The summed E-state index contributed by atoms with van der Waals surface area (Å²) in [5.41, 5.74) is 10.0. The Balaban J connectivity index is 1.45. The van der Waals surface area contributed by atoms with E-state index in [-0.39, 0.29) is 0 Å². The van der Waals surface area contributed by atoms with Crippen molar-refractivity contribution >= 4 is 17.3 Å². The van der Waals surface area contributed by atoms with Crippen LogP contribution in [0.4, 0.5) is 5.95 Å². The highest BCUT2D eigenvalue weighted by Crippen LogP contribution is 2.26. The highest BCUT2D eigenvalue weighted by Gasteiger charge is 2.19. The molecule has 0 radical (unpaired) electrons. The van der Waals surface area contributed by atoms with Gasteiger partial charge >= 0.3 is 0 Å². The van der Waals surface area contributed by atoms with Crippen LogP contribution in [0.2, 0.25) is 0 Å². The number of nitrogens with zero attached hydrogens (tertiary/aromatic N) is 4. The van der Waals surface area contributed by atoms with E-state index in [1.54, 1.807) is 18.4 Å². The maximum atomic E-state index is 5.66. The Kier molecular flexibility index (Phi) is 4.33. The number of methoxy groups -OCH3 is 1. The van der Waals surface area contributed by atoms with Gasteiger partial charge < -0.3 is 10.5 Å². The van der Waals surface area contributed by atoms with Crippen LogP contribution < -0.4 is 10.5 Å². The van der Waals surface area contributed by atoms with E-state index in [1.807, 2.05) is 30.5 Å². The molecule has 1 aliphatic heterocycles. The fraction of sp³-hybridized carbons (Fsp3) is 0.278. The van der Waals surface area contributed by atoms with Gasteiger partial charge in [-0.2, -0.15) is 0 Å². The zero-order chi connectivity index (χ0) is 17.2. The Morgan fingerprint density at radius 2 is 2.08 bits per heavy atom. The molecule has 1 aliphatic rings. The van der Waals surface area contributed by atoms with Gasteiger partial charge in [0.25, 0.3) is 0 Å². The van der Waals surface area contributed by atoms with Crippen LogP contribution in [0.5, 0.6) is 5.75 Å². The Morgan fingerprint density at radius 1 is 1.24 bits per heavy atom. The number of hydrogen-bond donors (Lipinski definition) is 1. The molecule has 3 heterocycles. The van der Waals surface area contributed by atoms with Gasteiger partial charge in [0.15, 0.2) is 0 Å². The molecule has 0 unspecified atom stereocenters. The number of aromatic nitrogens is 3. The molecule has 0 fully saturated rings. The molecule has 7 heteroatoms. The molecule has 4 rings (SSSR count). The van der Waals surface area contributed by atoms with E-state index in [0.717, 1.165) is 59.3 Å². The molecule has 1 aromatic carbocycles. The van der Waals surface area contributed by atoms with Gasteiger partial charge in [0.2, 0.25) is 5.95 Å². The van der Waals surface area contributed by atoms with E-state index < -0.39 is 0 Å². The van der Waals surface area contributed by atoms with Gasteiger partial charge in [0, 0.05) is 42.2 Å².